The summed E-state index contributed by atoms with van der Waals surface area (Å²) >= 11 is 0. The van der Waals surface area contributed by atoms with Gasteiger partial charge in [-0.05, 0) is 34.7 Å². The Morgan fingerprint density at radius 2 is 1.44 bits per heavy atom. The fourth-order valence-electron chi connectivity index (χ4n) is 4.78. The molecule has 4 heteroatoms. The van der Waals surface area contributed by atoms with E-state index in [0.717, 1.165) is 50.7 Å². The van der Waals surface area contributed by atoms with Gasteiger partial charge >= 0.3 is 0 Å². The smallest absolute Gasteiger partial charge is 0.165 e. The van der Waals surface area contributed by atoms with Crippen LogP contribution in [0.3, 0.4) is 0 Å². The first-order valence-electron chi connectivity index (χ1n) is 13.1. The first kappa shape index (κ1) is 24.3. The van der Waals surface area contributed by atoms with Crippen molar-refractivity contribution in [2.45, 2.75) is 12.8 Å². The molecule has 0 fully saturated rings. The minimum Gasteiger partial charge on any atom is -0.398 e. The van der Waals surface area contributed by atoms with Gasteiger partial charge in [0.25, 0.3) is 0 Å². The number of aromatic nitrogens is 3. The van der Waals surface area contributed by atoms with E-state index in [1.54, 1.807) is 0 Å². The lowest BCUT2D eigenvalue weighted by molar-refractivity contribution is 1.03. The number of allylic oxidation sites excluding steroid dienone is 7. The van der Waals surface area contributed by atoms with E-state index in [0.29, 0.717) is 23.9 Å². The standard InChI is InChI=1S/C35H28N4/c36-31(26-14-7-3-8-15-26)24-23-27-22-21-25-13-11-12-20-30(25)32(27)35-38-33(28-16-5-1-2-6-17-28)37-34(39-35)29-18-9-4-10-19-29/h1,3-22,24H,2,23,36H2/b31-24-. The Hall–Kier alpha value is -5.09. The zero-order chi connectivity index (χ0) is 26.4. The van der Waals surface area contributed by atoms with Gasteiger partial charge in [-0.1, -0.05) is 134 Å². The van der Waals surface area contributed by atoms with Crippen LogP contribution in [0, 0.1) is 0 Å². The van der Waals surface area contributed by atoms with E-state index in [9.17, 15) is 0 Å². The Kier molecular flexibility index (Phi) is 6.91. The van der Waals surface area contributed by atoms with E-state index in [1.165, 1.54) is 0 Å². The molecule has 0 saturated carbocycles. The summed E-state index contributed by atoms with van der Waals surface area (Å²) in [6, 6.07) is 32.8. The summed E-state index contributed by atoms with van der Waals surface area (Å²) in [5, 5.41) is 2.24. The molecule has 0 unspecified atom stereocenters. The van der Waals surface area contributed by atoms with Crippen molar-refractivity contribution in [3.8, 4) is 22.8 Å². The van der Waals surface area contributed by atoms with Crippen molar-refractivity contribution in [3.05, 3.63) is 150 Å². The van der Waals surface area contributed by atoms with Crippen LogP contribution in [-0.2, 0) is 6.42 Å². The van der Waals surface area contributed by atoms with Crippen molar-refractivity contribution in [1.29, 1.82) is 0 Å². The molecule has 39 heavy (non-hydrogen) atoms. The van der Waals surface area contributed by atoms with Crippen LogP contribution in [0.5, 0.6) is 0 Å². The molecule has 1 aliphatic rings. The van der Waals surface area contributed by atoms with Crippen molar-refractivity contribution in [1.82, 2.24) is 15.0 Å². The van der Waals surface area contributed by atoms with E-state index >= 15 is 0 Å². The van der Waals surface area contributed by atoms with Crippen molar-refractivity contribution in [3.63, 3.8) is 0 Å². The molecule has 6 rings (SSSR count). The SMILES string of the molecule is N/C(=C\Cc1ccc2ccccc2c1-c1nc(C2=CC=CCC=C2)nc(-c2ccccc2)n1)c1ccccc1. The monoisotopic (exact) mass is 504 g/mol. The van der Waals surface area contributed by atoms with Crippen LogP contribution in [0.2, 0.25) is 0 Å². The normalized spacial score (nSPS) is 13.3. The van der Waals surface area contributed by atoms with Crippen molar-refractivity contribution < 1.29 is 0 Å². The van der Waals surface area contributed by atoms with Gasteiger partial charge in [0.2, 0.25) is 0 Å². The van der Waals surface area contributed by atoms with Crippen LogP contribution in [0.1, 0.15) is 23.4 Å². The van der Waals surface area contributed by atoms with Crippen LogP contribution in [0.25, 0.3) is 44.8 Å². The first-order valence-corrected chi connectivity index (χ1v) is 13.1. The summed E-state index contributed by atoms with van der Waals surface area (Å²) in [4.78, 5) is 15.0. The molecule has 1 heterocycles. The van der Waals surface area contributed by atoms with Crippen molar-refractivity contribution in [2.24, 2.45) is 5.73 Å². The Labute approximate surface area is 228 Å². The summed E-state index contributed by atoms with van der Waals surface area (Å²) in [6.07, 6.45) is 14.1. The predicted molar refractivity (Wildman–Crippen MR) is 161 cm³/mol. The largest absolute Gasteiger partial charge is 0.398 e. The summed E-state index contributed by atoms with van der Waals surface area (Å²) in [6.45, 7) is 0. The van der Waals surface area contributed by atoms with E-state index < -0.39 is 0 Å². The molecule has 1 aliphatic carbocycles. The molecule has 0 amide bonds. The Balaban J connectivity index is 1.55. The number of nitrogens with two attached hydrogens (primary N) is 1. The molecular weight excluding hydrogens is 476 g/mol. The second-order valence-electron chi connectivity index (χ2n) is 9.41. The highest BCUT2D eigenvalue weighted by molar-refractivity contribution is 5.97. The molecule has 0 atom stereocenters. The van der Waals surface area contributed by atoms with E-state index in [-0.39, 0.29) is 0 Å². The molecule has 0 radical (unpaired) electrons. The quantitative estimate of drug-likeness (QED) is 0.256. The van der Waals surface area contributed by atoms with Gasteiger partial charge in [-0.3, -0.25) is 0 Å². The second-order valence-corrected chi connectivity index (χ2v) is 9.41. The third-order valence-electron chi connectivity index (χ3n) is 6.79. The highest BCUT2D eigenvalue weighted by Gasteiger charge is 2.17. The van der Waals surface area contributed by atoms with Crippen LogP contribution in [0.4, 0.5) is 0 Å². The highest BCUT2D eigenvalue weighted by atomic mass is 15.0. The maximum atomic E-state index is 6.48. The van der Waals surface area contributed by atoms with Crippen molar-refractivity contribution in [2.75, 3.05) is 0 Å². The summed E-state index contributed by atoms with van der Waals surface area (Å²) < 4.78 is 0. The zero-order valence-corrected chi connectivity index (χ0v) is 21.5. The molecule has 188 valence electrons. The first-order chi connectivity index (χ1) is 19.3. The topological polar surface area (TPSA) is 64.7 Å². The fourth-order valence-corrected chi connectivity index (χ4v) is 4.78. The number of nitrogens with zero attached hydrogens (tertiary/aromatic N) is 3. The maximum absolute atomic E-state index is 6.48. The van der Waals surface area contributed by atoms with Gasteiger partial charge in [0.05, 0.1) is 0 Å². The number of benzene rings is 4. The second kappa shape index (κ2) is 11.1. The predicted octanol–water partition coefficient (Wildman–Crippen LogP) is 7.80. The summed E-state index contributed by atoms with van der Waals surface area (Å²) in [5.41, 5.74) is 12.2. The Morgan fingerprint density at radius 3 is 2.28 bits per heavy atom. The van der Waals surface area contributed by atoms with Gasteiger partial charge < -0.3 is 5.73 Å². The van der Waals surface area contributed by atoms with Gasteiger partial charge in [-0.15, -0.1) is 0 Å². The summed E-state index contributed by atoms with van der Waals surface area (Å²) in [5.74, 6) is 1.95. The van der Waals surface area contributed by atoms with E-state index in [1.807, 2.05) is 60.7 Å². The minimum atomic E-state index is 0.647. The van der Waals surface area contributed by atoms with Crippen molar-refractivity contribution >= 4 is 22.0 Å². The lowest BCUT2D eigenvalue weighted by atomic mass is 9.95. The minimum absolute atomic E-state index is 0.647. The molecule has 0 spiro atoms. The molecule has 5 aromatic rings. The van der Waals surface area contributed by atoms with Gasteiger partial charge in [0, 0.05) is 22.4 Å². The zero-order valence-electron chi connectivity index (χ0n) is 21.5. The number of hydrogen-bond donors (Lipinski definition) is 1. The van der Waals surface area contributed by atoms with Gasteiger partial charge in [0.15, 0.2) is 17.5 Å². The Morgan fingerprint density at radius 1 is 0.718 bits per heavy atom. The molecule has 0 saturated heterocycles. The molecule has 0 bridgehead atoms. The highest BCUT2D eigenvalue weighted by Crippen LogP contribution is 2.33. The van der Waals surface area contributed by atoms with Crippen LogP contribution >= 0.6 is 0 Å². The van der Waals surface area contributed by atoms with Crippen LogP contribution < -0.4 is 5.73 Å². The number of hydrogen-bond acceptors (Lipinski definition) is 4. The fraction of sp³-hybridized carbons (Fsp3) is 0.0571. The Bertz CT molecular complexity index is 1750. The van der Waals surface area contributed by atoms with E-state index in [4.69, 9.17) is 20.7 Å². The lowest BCUT2D eigenvalue weighted by Crippen LogP contribution is -2.04. The van der Waals surface area contributed by atoms with E-state index in [2.05, 4.69) is 72.9 Å². The third-order valence-corrected chi connectivity index (χ3v) is 6.79. The van der Waals surface area contributed by atoms with Gasteiger partial charge in [-0.2, -0.15) is 0 Å². The molecule has 2 N–H and O–H groups in total. The van der Waals surface area contributed by atoms with Crippen LogP contribution in [-0.4, -0.2) is 15.0 Å². The average Bonchev–Trinajstić information content (AvgIpc) is 3.30. The molecule has 0 aliphatic heterocycles. The maximum Gasteiger partial charge on any atom is 0.165 e. The van der Waals surface area contributed by atoms with Gasteiger partial charge in [-0.25, -0.2) is 15.0 Å². The number of fused-ring (bicyclic) bond motifs is 1. The van der Waals surface area contributed by atoms with Crippen LogP contribution in [0.15, 0.2) is 134 Å². The summed E-state index contributed by atoms with van der Waals surface area (Å²) in [7, 11) is 0. The molecular formula is C35H28N4. The number of rotatable bonds is 6. The lowest BCUT2D eigenvalue weighted by Gasteiger charge is -2.14. The molecule has 4 aromatic carbocycles. The van der Waals surface area contributed by atoms with Gasteiger partial charge in [0.1, 0.15) is 0 Å². The molecule has 1 aromatic heterocycles. The molecule has 4 nitrogen and oxygen atoms in total. The average molecular weight is 505 g/mol. The third kappa shape index (κ3) is 5.32.